The van der Waals surface area contributed by atoms with Crippen molar-refractivity contribution in [2.45, 2.75) is 11.3 Å². The highest BCUT2D eigenvalue weighted by Gasteiger charge is 2.31. The van der Waals surface area contributed by atoms with Crippen LogP contribution in [0, 0.1) is 39.8 Å². The predicted molar refractivity (Wildman–Crippen MR) is 180 cm³/mol. The van der Waals surface area contributed by atoms with Gasteiger partial charge in [-0.2, -0.15) is 15.8 Å². The van der Waals surface area contributed by atoms with Crippen LogP contribution in [0.2, 0.25) is 0 Å². The fraction of sp³-hybridized carbons (Fsp3) is 0.0526. The monoisotopic (exact) mass is 702 g/mol. The molecule has 0 unspecified atom stereocenters. The summed E-state index contributed by atoms with van der Waals surface area (Å²) in [5.41, 5.74) is -0.247. The molecular weight excluding hydrogens is 682 g/mol. The van der Waals surface area contributed by atoms with E-state index in [9.17, 15) is 42.9 Å². The standard InChI is InChI=1S/C38H21F3N4O5S/c1-50-36-29(38(46)47)14-13-28(31(36)20-44)22-4-2-5-23(16-22)35-34(33-24(18-42)6-3-7-25(33)19-43)30-17-26(39)10-15-32(30)45(35)51(48,49)27-11-8-21(9-12-27)37(40)41/h2-17,37H,1H3,(H,46,47). The number of hydrogen-bond donors (Lipinski definition) is 1. The third kappa shape index (κ3) is 5.70. The van der Waals surface area contributed by atoms with Crippen LogP contribution >= 0.6 is 0 Å². The Hall–Kier alpha value is -6.88. The number of aromatic nitrogens is 1. The number of aromatic carboxylic acids is 1. The number of carboxylic acid groups (broad SMARTS) is 1. The van der Waals surface area contributed by atoms with Crippen molar-refractivity contribution in [3.8, 4) is 57.5 Å². The van der Waals surface area contributed by atoms with Crippen LogP contribution in [0.25, 0.3) is 44.4 Å². The average Bonchev–Trinajstić information content (AvgIpc) is 3.48. The second-order valence-corrected chi connectivity index (χ2v) is 12.8. The molecular formula is C38H21F3N4O5S. The number of nitriles is 3. The summed E-state index contributed by atoms with van der Waals surface area (Å²) in [6, 6.07) is 26.5. The van der Waals surface area contributed by atoms with Gasteiger partial charge in [0.15, 0.2) is 5.75 Å². The fourth-order valence-corrected chi connectivity index (χ4v) is 7.59. The lowest BCUT2D eigenvalue weighted by Gasteiger charge is -2.17. The number of halogens is 3. The molecule has 1 aromatic heterocycles. The summed E-state index contributed by atoms with van der Waals surface area (Å²) in [5, 5.41) is 40.1. The predicted octanol–water partition coefficient (Wildman–Crippen LogP) is 8.28. The van der Waals surface area contributed by atoms with Gasteiger partial charge in [-0.15, -0.1) is 0 Å². The zero-order chi connectivity index (χ0) is 36.6. The first-order valence-corrected chi connectivity index (χ1v) is 16.3. The minimum absolute atomic E-state index is 0.0161. The minimum atomic E-state index is -4.70. The zero-order valence-corrected chi connectivity index (χ0v) is 27.0. The largest absolute Gasteiger partial charge is 0.494 e. The van der Waals surface area contributed by atoms with E-state index in [0.29, 0.717) is 5.56 Å². The Labute approximate surface area is 288 Å². The van der Waals surface area contributed by atoms with Crippen LogP contribution in [0.3, 0.4) is 0 Å². The molecule has 0 atom stereocenters. The number of carboxylic acids is 1. The first kappa shape index (κ1) is 34.0. The first-order chi connectivity index (χ1) is 24.5. The second kappa shape index (κ2) is 13.2. The molecule has 9 nitrogen and oxygen atoms in total. The maximum Gasteiger partial charge on any atom is 0.339 e. The van der Waals surface area contributed by atoms with Crippen LogP contribution in [-0.4, -0.2) is 30.6 Å². The van der Waals surface area contributed by atoms with Crippen LogP contribution in [0.1, 0.15) is 39.0 Å². The topological polar surface area (TPSA) is 157 Å². The van der Waals surface area contributed by atoms with Crippen molar-refractivity contribution < 1.29 is 36.2 Å². The zero-order valence-electron chi connectivity index (χ0n) is 26.2. The molecule has 1 N–H and O–H groups in total. The number of hydrogen-bond acceptors (Lipinski definition) is 7. The fourth-order valence-electron chi connectivity index (χ4n) is 6.05. The van der Waals surface area contributed by atoms with Crippen molar-refractivity contribution in [1.29, 1.82) is 15.8 Å². The number of nitrogens with zero attached hydrogens (tertiary/aromatic N) is 4. The molecule has 0 bridgehead atoms. The molecule has 5 aromatic carbocycles. The molecule has 0 aliphatic heterocycles. The highest BCUT2D eigenvalue weighted by atomic mass is 32.2. The van der Waals surface area contributed by atoms with Crippen LogP contribution in [0.5, 0.6) is 5.75 Å². The summed E-state index contributed by atoms with van der Waals surface area (Å²) >= 11 is 0. The van der Waals surface area contributed by atoms with E-state index in [1.165, 1.54) is 55.6 Å². The first-order valence-electron chi connectivity index (χ1n) is 14.8. The average molecular weight is 703 g/mol. The SMILES string of the molecule is COc1c(C(=O)O)ccc(-c2cccc(-c3c(-c4c(C#N)cccc4C#N)c4cc(F)ccc4n3S(=O)(=O)c3ccc(C(F)F)cc3)c2)c1C#N. The van der Waals surface area contributed by atoms with Gasteiger partial charge in [0.1, 0.15) is 23.0 Å². The van der Waals surface area contributed by atoms with Crippen molar-refractivity contribution >= 4 is 26.9 Å². The van der Waals surface area contributed by atoms with Gasteiger partial charge in [0, 0.05) is 33.2 Å². The van der Waals surface area contributed by atoms with Gasteiger partial charge in [0.05, 0.1) is 46.5 Å². The Morgan fingerprint density at radius 2 is 1.47 bits per heavy atom. The maximum absolute atomic E-state index is 15.1. The van der Waals surface area contributed by atoms with Gasteiger partial charge in [0.25, 0.3) is 16.4 Å². The summed E-state index contributed by atoms with van der Waals surface area (Å²) in [6.07, 6.45) is -2.87. The number of ether oxygens (including phenoxy) is 1. The molecule has 0 spiro atoms. The number of benzene rings is 5. The van der Waals surface area contributed by atoms with Gasteiger partial charge in [-0.1, -0.05) is 42.5 Å². The van der Waals surface area contributed by atoms with Crippen molar-refractivity contribution in [2.24, 2.45) is 0 Å². The number of alkyl halides is 2. The number of methoxy groups -OCH3 is 1. The molecule has 0 aliphatic carbocycles. The van der Waals surface area contributed by atoms with Crippen LogP contribution in [-0.2, 0) is 10.0 Å². The molecule has 250 valence electrons. The summed E-state index contributed by atoms with van der Waals surface area (Å²) in [7, 11) is -3.48. The summed E-state index contributed by atoms with van der Waals surface area (Å²) in [6.45, 7) is 0. The molecule has 13 heteroatoms. The molecule has 1 heterocycles. The Bertz CT molecular complexity index is 2620. The lowest BCUT2D eigenvalue weighted by molar-refractivity contribution is 0.0693. The van der Waals surface area contributed by atoms with Crippen LogP contribution < -0.4 is 4.74 Å². The van der Waals surface area contributed by atoms with E-state index in [0.717, 1.165) is 40.4 Å². The van der Waals surface area contributed by atoms with Crippen molar-refractivity contribution in [1.82, 2.24) is 3.97 Å². The van der Waals surface area contributed by atoms with Crippen molar-refractivity contribution in [3.63, 3.8) is 0 Å². The smallest absolute Gasteiger partial charge is 0.339 e. The molecule has 0 radical (unpaired) electrons. The Morgan fingerprint density at radius 1 is 0.824 bits per heavy atom. The summed E-state index contributed by atoms with van der Waals surface area (Å²) < 4.78 is 77.4. The van der Waals surface area contributed by atoms with E-state index < -0.39 is 33.8 Å². The molecule has 0 amide bonds. The van der Waals surface area contributed by atoms with Crippen molar-refractivity contribution in [3.05, 3.63) is 131 Å². The third-order valence-corrected chi connectivity index (χ3v) is 9.99. The number of rotatable bonds is 8. The molecule has 6 rings (SSSR count). The lowest BCUT2D eigenvalue weighted by atomic mass is 9.90. The molecule has 0 saturated carbocycles. The van der Waals surface area contributed by atoms with Crippen LogP contribution in [0.15, 0.2) is 102 Å². The Morgan fingerprint density at radius 3 is 2.06 bits per heavy atom. The molecule has 0 saturated heterocycles. The molecule has 51 heavy (non-hydrogen) atoms. The van der Waals surface area contributed by atoms with E-state index in [4.69, 9.17) is 4.74 Å². The van der Waals surface area contributed by atoms with E-state index >= 15 is 4.39 Å². The molecule has 0 fully saturated rings. The van der Waals surface area contributed by atoms with Crippen LogP contribution in [0.4, 0.5) is 13.2 Å². The van der Waals surface area contributed by atoms with Gasteiger partial charge in [-0.05, 0) is 60.2 Å². The maximum atomic E-state index is 15.1. The summed E-state index contributed by atoms with van der Waals surface area (Å²) in [4.78, 5) is 11.5. The van der Waals surface area contributed by atoms with Gasteiger partial charge in [0.2, 0.25) is 0 Å². The number of carbonyl (C=O) groups is 1. The van der Waals surface area contributed by atoms with E-state index in [1.54, 1.807) is 12.1 Å². The van der Waals surface area contributed by atoms with Gasteiger partial charge >= 0.3 is 5.97 Å². The van der Waals surface area contributed by atoms with Gasteiger partial charge in [-0.3, -0.25) is 0 Å². The highest BCUT2D eigenvalue weighted by Crippen LogP contribution is 2.46. The Kier molecular flexibility index (Phi) is 8.80. The van der Waals surface area contributed by atoms with E-state index in [1.807, 2.05) is 18.2 Å². The minimum Gasteiger partial charge on any atom is -0.494 e. The Balaban J connectivity index is 1.78. The van der Waals surface area contributed by atoms with E-state index in [2.05, 4.69) is 0 Å². The normalized spacial score (nSPS) is 11.2. The molecule has 0 aliphatic rings. The highest BCUT2D eigenvalue weighted by molar-refractivity contribution is 7.90. The van der Waals surface area contributed by atoms with E-state index in [-0.39, 0.29) is 71.7 Å². The molecule has 6 aromatic rings. The van der Waals surface area contributed by atoms with Gasteiger partial charge in [-0.25, -0.2) is 30.4 Å². The lowest BCUT2D eigenvalue weighted by Crippen LogP contribution is -2.14. The van der Waals surface area contributed by atoms with Crippen molar-refractivity contribution in [2.75, 3.05) is 7.11 Å². The van der Waals surface area contributed by atoms with Gasteiger partial charge < -0.3 is 9.84 Å². The third-order valence-electron chi connectivity index (χ3n) is 8.26. The quantitative estimate of drug-likeness (QED) is 0.166. The number of fused-ring (bicyclic) bond motifs is 1. The second-order valence-electron chi connectivity index (χ2n) is 11.0. The summed E-state index contributed by atoms with van der Waals surface area (Å²) in [5.74, 6) is -2.28.